The van der Waals surface area contributed by atoms with Gasteiger partial charge in [-0.25, -0.2) is 0 Å². The molecule has 0 unspecified atom stereocenters. The van der Waals surface area contributed by atoms with Crippen LogP contribution < -0.4 is 0 Å². The van der Waals surface area contributed by atoms with Gasteiger partial charge in [0, 0.05) is 19.1 Å². The molecular weight excluding hydrogens is 454 g/mol. The SMILES string of the molecule is Cc1c([C@H](C)[C@H]2[C@H](O)C[C@H](C)CN2CC(C)C)ccc2c1C[C@H]1[C@H]2CC=C2C[C@@H](O)CC[C@@]21C.Cl. The molecule has 1 heterocycles. The minimum atomic E-state index is -0.257. The van der Waals surface area contributed by atoms with Gasteiger partial charge in [-0.2, -0.15) is 0 Å². The predicted octanol–water partition coefficient (Wildman–Crippen LogP) is 6.38. The van der Waals surface area contributed by atoms with Crippen molar-refractivity contribution in [2.75, 3.05) is 13.1 Å². The van der Waals surface area contributed by atoms with Crippen LogP contribution >= 0.6 is 12.4 Å². The van der Waals surface area contributed by atoms with Gasteiger partial charge in [0.05, 0.1) is 12.2 Å². The van der Waals surface area contributed by atoms with Gasteiger partial charge in [-0.05, 0) is 103 Å². The topological polar surface area (TPSA) is 43.7 Å². The van der Waals surface area contributed by atoms with Gasteiger partial charge >= 0.3 is 0 Å². The summed E-state index contributed by atoms with van der Waals surface area (Å²) in [7, 11) is 0. The smallest absolute Gasteiger partial charge is 0.0704 e. The first-order valence-corrected chi connectivity index (χ1v) is 14.0. The molecule has 1 aromatic carbocycles. The average Bonchev–Trinajstić information content (AvgIpc) is 3.14. The van der Waals surface area contributed by atoms with Crippen molar-refractivity contribution in [3.05, 3.63) is 46.0 Å². The van der Waals surface area contributed by atoms with E-state index in [9.17, 15) is 10.2 Å². The van der Waals surface area contributed by atoms with Gasteiger partial charge in [0.15, 0.2) is 0 Å². The fourth-order valence-corrected chi connectivity index (χ4v) is 8.56. The zero-order valence-corrected chi connectivity index (χ0v) is 23.6. The number of piperidine rings is 1. The first-order chi connectivity index (χ1) is 16.1. The molecular formula is C31H48ClNO2. The van der Waals surface area contributed by atoms with Crippen molar-refractivity contribution in [3.8, 4) is 0 Å². The zero-order chi connectivity index (χ0) is 24.4. The largest absolute Gasteiger partial charge is 0.393 e. The van der Waals surface area contributed by atoms with E-state index in [0.29, 0.717) is 29.6 Å². The minimum absolute atomic E-state index is 0. The zero-order valence-electron chi connectivity index (χ0n) is 22.8. The molecule has 5 rings (SSSR count). The first kappa shape index (κ1) is 27.2. The molecule has 1 aromatic rings. The predicted molar refractivity (Wildman–Crippen MR) is 147 cm³/mol. The maximum atomic E-state index is 11.2. The number of nitrogens with zero attached hydrogens (tertiary/aromatic N) is 1. The van der Waals surface area contributed by atoms with E-state index in [1.807, 2.05) is 0 Å². The van der Waals surface area contributed by atoms with Crippen molar-refractivity contribution < 1.29 is 10.2 Å². The standard InChI is InChI=1S/C31H47NO2.ClH/c1-18(2)16-32-17-19(3)13-29(34)30(32)21(5)24-9-10-25-26-8-7-22-14-23(33)11-12-31(22,6)28(26)15-27(25)20(24)4;/h7,9-10,18-19,21,23,26,28-30,33-34H,8,11-17H2,1-6H3;1H/t19-,21-,23-,26-,28-,29+,30-,31-;/m0./s1. The molecule has 0 spiro atoms. The lowest BCUT2D eigenvalue weighted by Gasteiger charge is -2.48. The minimum Gasteiger partial charge on any atom is -0.393 e. The summed E-state index contributed by atoms with van der Waals surface area (Å²) in [5.41, 5.74) is 7.87. The molecule has 1 saturated heterocycles. The van der Waals surface area contributed by atoms with Crippen molar-refractivity contribution in [1.82, 2.24) is 4.90 Å². The summed E-state index contributed by atoms with van der Waals surface area (Å²) in [6.07, 6.45) is 8.23. The molecule has 0 radical (unpaired) electrons. The van der Waals surface area contributed by atoms with E-state index in [0.717, 1.165) is 45.2 Å². The van der Waals surface area contributed by atoms with Crippen LogP contribution in [0.3, 0.4) is 0 Å². The van der Waals surface area contributed by atoms with Gasteiger partial charge in [0.2, 0.25) is 0 Å². The number of fused-ring (bicyclic) bond motifs is 5. The maximum Gasteiger partial charge on any atom is 0.0704 e. The van der Waals surface area contributed by atoms with Gasteiger partial charge in [-0.1, -0.05) is 58.4 Å². The first-order valence-electron chi connectivity index (χ1n) is 14.0. The van der Waals surface area contributed by atoms with E-state index in [-0.39, 0.29) is 36.1 Å². The Bertz CT molecular complexity index is 956. The summed E-state index contributed by atoms with van der Waals surface area (Å²) >= 11 is 0. The third-order valence-corrected chi connectivity index (χ3v) is 10.2. The molecule has 2 N–H and O–H groups in total. The molecule has 4 aliphatic rings. The highest BCUT2D eigenvalue weighted by Crippen LogP contribution is 2.60. The summed E-state index contributed by atoms with van der Waals surface area (Å²) in [4.78, 5) is 2.59. The molecule has 0 amide bonds. The van der Waals surface area contributed by atoms with E-state index in [1.54, 1.807) is 11.1 Å². The fraction of sp³-hybridized carbons (Fsp3) is 0.742. The number of hydrogen-bond donors (Lipinski definition) is 2. The normalized spacial score (nSPS) is 37.7. The van der Waals surface area contributed by atoms with Crippen molar-refractivity contribution in [3.63, 3.8) is 0 Å². The summed E-state index contributed by atoms with van der Waals surface area (Å²) in [6.45, 7) is 16.2. The van der Waals surface area contributed by atoms with Crippen molar-refractivity contribution in [2.24, 2.45) is 23.2 Å². The maximum absolute atomic E-state index is 11.2. The van der Waals surface area contributed by atoms with Crippen LogP contribution in [-0.4, -0.2) is 46.5 Å². The number of aliphatic hydroxyl groups is 2. The Hall–Kier alpha value is -0.870. The van der Waals surface area contributed by atoms with Crippen LogP contribution in [-0.2, 0) is 6.42 Å². The van der Waals surface area contributed by atoms with Crippen LogP contribution in [0.2, 0.25) is 0 Å². The van der Waals surface area contributed by atoms with Crippen LogP contribution in [0.1, 0.15) is 101 Å². The quantitative estimate of drug-likeness (QED) is 0.470. The third-order valence-electron chi connectivity index (χ3n) is 10.2. The highest BCUT2D eigenvalue weighted by atomic mass is 35.5. The fourth-order valence-electron chi connectivity index (χ4n) is 8.56. The molecule has 35 heavy (non-hydrogen) atoms. The molecule has 196 valence electrons. The van der Waals surface area contributed by atoms with Gasteiger partial charge in [0.1, 0.15) is 0 Å². The second kappa shape index (κ2) is 10.1. The lowest BCUT2D eigenvalue weighted by atomic mass is 9.57. The van der Waals surface area contributed by atoms with Gasteiger partial charge in [-0.15, -0.1) is 12.4 Å². The Balaban J connectivity index is 0.00000289. The Kier molecular flexibility index (Phi) is 7.86. The van der Waals surface area contributed by atoms with Crippen molar-refractivity contribution in [1.29, 1.82) is 0 Å². The Morgan fingerprint density at radius 1 is 1.14 bits per heavy atom. The van der Waals surface area contributed by atoms with E-state index >= 15 is 0 Å². The number of halogens is 1. The Morgan fingerprint density at radius 2 is 1.89 bits per heavy atom. The van der Waals surface area contributed by atoms with Crippen LogP contribution in [0.4, 0.5) is 0 Å². The summed E-state index contributed by atoms with van der Waals surface area (Å²) in [6, 6.07) is 5.05. The van der Waals surface area contributed by atoms with E-state index in [2.05, 4.69) is 64.7 Å². The molecule has 1 saturated carbocycles. The number of hydrogen-bond acceptors (Lipinski definition) is 3. The summed E-state index contributed by atoms with van der Waals surface area (Å²) in [5, 5.41) is 21.5. The van der Waals surface area contributed by atoms with Crippen LogP contribution in [0, 0.1) is 30.1 Å². The number of benzene rings is 1. The van der Waals surface area contributed by atoms with E-state index in [1.165, 1.54) is 23.1 Å². The number of allylic oxidation sites excluding steroid dienone is 1. The van der Waals surface area contributed by atoms with E-state index in [4.69, 9.17) is 0 Å². The molecule has 1 aliphatic heterocycles. The van der Waals surface area contributed by atoms with Crippen LogP contribution in [0.5, 0.6) is 0 Å². The third kappa shape index (κ3) is 4.65. The average molecular weight is 502 g/mol. The van der Waals surface area contributed by atoms with Gasteiger partial charge in [-0.3, -0.25) is 4.90 Å². The monoisotopic (exact) mass is 501 g/mol. The highest BCUT2D eigenvalue weighted by molar-refractivity contribution is 5.85. The highest BCUT2D eigenvalue weighted by Gasteiger charge is 2.50. The lowest BCUT2D eigenvalue weighted by molar-refractivity contribution is -0.0258. The summed E-state index contributed by atoms with van der Waals surface area (Å²) < 4.78 is 0. The number of rotatable bonds is 4. The Morgan fingerprint density at radius 3 is 2.60 bits per heavy atom. The molecule has 0 bridgehead atoms. The summed E-state index contributed by atoms with van der Waals surface area (Å²) in [5.74, 6) is 2.77. The van der Waals surface area contributed by atoms with Crippen LogP contribution in [0.15, 0.2) is 23.8 Å². The molecule has 8 atom stereocenters. The van der Waals surface area contributed by atoms with Crippen molar-refractivity contribution >= 4 is 12.4 Å². The van der Waals surface area contributed by atoms with E-state index < -0.39 is 0 Å². The van der Waals surface area contributed by atoms with Crippen molar-refractivity contribution in [2.45, 2.75) is 110 Å². The van der Waals surface area contributed by atoms with Gasteiger partial charge in [0.25, 0.3) is 0 Å². The number of aliphatic hydroxyl groups excluding tert-OH is 2. The molecule has 3 nitrogen and oxygen atoms in total. The molecule has 3 aliphatic carbocycles. The van der Waals surface area contributed by atoms with Gasteiger partial charge < -0.3 is 10.2 Å². The Labute approximate surface area is 219 Å². The number of likely N-dealkylation sites (tertiary alicyclic amines) is 1. The molecule has 2 fully saturated rings. The second-order valence-corrected chi connectivity index (χ2v) is 13.1. The van der Waals surface area contributed by atoms with Crippen LogP contribution in [0.25, 0.3) is 0 Å². The molecule has 0 aromatic heterocycles. The second-order valence-electron chi connectivity index (χ2n) is 13.1. The lowest BCUT2D eigenvalue weighted by Crippen LogP contribution is -2.54. The molecule has 4 heteroatoms.